The van der Waals surface area contributed by atoms with Gasteiger partial charge in [0.25, 0.3) is 0 Å². The molecular formula is C58H61Cl2SiZr-3. The molecule has 8 aromatic rings. The Bertz CT molecular complexity index is 2550. The van der Waals surface area contributed by atoms with Crippen LogP contribution in [0.2, 0.25) is 0 Å². The normalized spacial score (nSPS) is 11.6. The molecule has 8 aromatic carbocycles. The molecule has 0 N–H and O–H groups in total. The molecule has 0 saturated carbocycles. The van der Waals surface area contributed by atoms with E-state index in [0.29, 0.717) is 23.7 Å². The summed E-state index contributed by atoms with van der Waals surface area (Å²) in [6.45, 7) is 27.0. The summed E-state index contributed by atoms with van der Waals surface area (Å²) >= 11 is -0.826. The average Bonchev–Trinajstić information content (AvgIpc) is 3.96. The molecule has 2 radical (unpaired) electrons. The van der Waals surface area contributed by atoms with E-state index in [4.69, 9.17) is 17.0 Å². The van der Waals surface area contributed by atoms with Crippen molar-refractivity contribution in [3.8, 4) is 33.4 Å². The van der Waals surface area contributed by atoms with Gasteiger partial charge in [-0.3, -0.25) is 0 Å². The molecule has 0 amide bonds. The molecule has 0 unspecified atom stereocenters. The predicted octanol–water partition coefficient (Wildman–Crippen LogP) is 16.7. The van der Waals surface area contributed by atoms with Gasteiger partial charge < -0.3 is 0 Å². The number of fused-ring (bicyclic) bond motifs is 5. The zero-order valence-corrected chi connectivity index (χ0v) is 43.7. The van der Waals surface area contributed by atoms with Crippen molar-refractivity contribution in [3.63, 3.8) is 0 Å². The van der Waals surface area contributed by atoms with Crippen LogP contribution in [0, 0.1) is 33.8 Å². The first kappa shape index (κ1) is 47.7. The molecule has 0 aliphatic carbocycles. The van der Waals surface area contributed by atoms with Gasteiger partial charge in [0.15, 0.2) is 0 Å². The molecule has 0 atom stereocenters. The molecule has 0 fully saturated rings. The second-order valence-electron chi connectivity index (χ2n) is 18.2. The summed E-state index contributed by atoms with van der Waals surface area (Å²) in [5, 5.41) is 8.37. The van der Waals surface area contributed by atoms with Crippen LogP contribution in [0.1, 0.15) is 124 Å². The van der Waals surface area contributed by atoms with E-state index in [-0.39, 0.29) is 0 Å². The standard InChI is InChI=1S/2C23H27.C12H7Si.2ClH.Zr/c2*1-14(2)19-12-18-7-8-21(15(3)4)23(22(18)13-19)20-10-16(5)9-17(6)11-20;1-3-7-11-9(5-1)10-6-2-4-8-12(10)13-11;;;/h2*7-15H,1-6H3;1-7H;2*1H;/q3*-1;;;+2/p-2. The summed E-state index contributed by atoms with van der Waals surface area (Å²) in [5.41, 5.74) is 19.5. The van der Waals surface area contributed by atoms with Gasteiger partial charge in [-0.25, -0.2) is 0 Å². The molecule has 1 aliphatic rings. The fourth-order valence-electron chi connectivity index (χ4n) is 8.88. The van der Waals surface area contributed by atoms with Crippen LogP contribution >= 0.6 is 17.0 Å². The molecule has 318 valence electrons. The van der Waals surface area contributed by atoms with E-state index in [9.17, 15) is 0 Å². The Balaban J connectivity index is 0.000000155. The minimum Gasteiger partial charge on any atom is -0.184 e. The van der Waals surface area contributed by atoms with E-state index in [1.807, 2.05) is 6.07 Å². The van der Waals surface area contributed by atoms with Crippen molar-refractivity contribution >= 4 is 58.5 Å². The molecule has 4 heteroatoms. The maximum Gasteiger partial charge on any atom is 0.0920 e. The molecule has 0 bridgehead atoms. The number of halogens is 2. The van der Waals surface area contributed by atoms with Crippen LogP contribution in [0.25, 0.3) is 54.9 Å². The average molecular weight is 948 g/mol. The third-order valence-electron chi connectivity index (χ3n) is 11.8. The van der Waals surface area contributed by atoms with Crippen molar-refractivity contribution < 1.29 is 20.8 Å². The second-order valence-corrected chi connectivity index (χ2v) is 23.2. The predicted molar refractivity (Wildman–Crippen MR) is 273 cm³/mol. The van der Waals surface area contributed by atoms with Crippen molar-refractivity contribution in [3.05, 3.63) is 178 Å². The minimum atomic E-state index is -0.826. The van der Waals surface area contributed by atoms with Gasteiger partial charge in [0.2, 0.25) is 0 Å². The van der Waals surface area contributed by atoms with Crippen LogP contribution in [-0.4, -0.2) is 9.52 Å². The Kier molecular flexibility index (Phi) is 16.4. The maximum absolute atomic E-state index is 4.93. The summed E-state index contributed by atoms with van der Waals surface area (Å²) in [7, 11) is 10.7. The van der Waals surface area contributed by atoms with E-state index >= 15 is 0 Å². The Labute approximate surface area is 394 Å². The fraction of sp³-hybridized carbons (Fsp3) is 0.276. The topological polar surface area (TPSA) is 0 Å². The monoisotopic (exact) mass is 945 g/mol. The molecule has 1 heterocycles. The van der Waals surface area contributed by atoms with Gasteiger partial charge in [-0.05, 0) is 62.5 Å². The van der Waals surface area contributed by atoms with E-state index < -0.39 is 20.8 Å². The molecule has 0 spiro atoms. The Morgan fingerprint density at radius 3 is 1.34 bits per heavy atom. The summed E-state index contributed by atoms with van der Waals surface area (Å²) in [5.74, 6) is 2.18. The van der Waals surface area contributed by atoms with Gasteiger partial charge in [0, 0.05) is 0 Å². The first-order chi connectivity index (χ1) is 29.6. The molecule has 0 saturated heterocycles. The number of aryl methyl sites for hydroxylation is 4. The summed E-state index contributed by atoms with van der Waals surface area (Å²) in [6, 6.07) is 50.7. The van der Waals surface area contributed by atoms with Gasteiger partial charge in [0.05, 0.1) is 9.52 Å². The number of rotatable bonds is 6. The molecule has 0 nitrogen and oxygen atoms in total. The SMILES string of the molecule is Cc1cc(C)cc(-c2c(C(C)C)ccc3[cH-]c(C(C)C)cc23)c1.Cc1cc(C)cc(-c2c(C(C)C)ccc3[cH-]c(C(C)C)cc23)c1.[Cl][Zr][Cl].[c-]1cccc2c1[Si]c1ccccc1-2. The smallest absolute Gasteiger partial charge is 0.0920 e. The minimum absolute atomic E-state index is 0.521. The zero-order valence-electron chi connectivity index (χ0n) is 38.7. The van der Waals surface area contributed by atoms with Gasteiger partial charge >= 0.3 is 37.9 Å². The summed E-state index contributed by atoms with van der Waals surface area (Å²) in [4.78, 5) is 0. The number of benzene rings is 6. The molecule has 1 aliphatic heterocycles. The fourth-order valence-corrected chi connectivity index (χ4v) is 10.2. The molecule has 9 rings (SSSR count). The quantitative estimate of drug-likeness (QED) is 0.115. The van der Waals surface area contributed by atoms with Crippen LogP contribution in [0.4, 0.5) is 0 Å². The van der Waals surface area contributed by atoms with Crippen molar-refractivity contribution in [2.24, 2.45) is 0 Å². The largest absolute Gasteiger partial charge is 0.184 e. The van der Waals surface area contributed by atoms with Gasteiger partial charge in [-0.15, -0.1) is 74.6 Å². The second kappa shape index (κ2) is 21.3. The Hall–Kier alpha value is -3.78. The van der Waals surface area contributed by atoms with Gasteiger partial charge in [-0.2, -0.15) is 41.6 Å². The van der Waals surface area contributed by atoms with Crippen LogP contribution in [0.3, 0.4) is 0 Å². The molecule has 62 heavy (non-hydrogen) atoms. The Morgan fingerprint density at radius 2 is 0.919 bits per heavy atom. The van der Waals surface area contributed by atoms with Gasteiger partial charge in [-0.1, -0.05) is 171 Å². The van der Waals surface area contributed by atoms with E-state index in [2.05, 4.69) is 210 Å². The summed E-state index contributed by atoms with van der Waals surface area (Å²) < 4.78 is 0. The third-order valence-corrected chi connectivity index (χ3v) is 13.2. The van der Waals surface area contributed by atoms with Crippen molar-refractivity contribution in [2.45, 2.75) is 107 Å². The maximum atomic E-state index is 4.93. The van der Waals surface area contributed by atoms with E-state index in [1.165, 1.54) is 110 Å². The summed E-state index contributed by atoms with van der Waals surface area (Å²) in [6.07, 6.45) is 0. The first-order valence-corrected chi connectivity index (χ1v) is 29.4. The Morgan fingerprint density at radius 1 is 0.500 bits per heavy atom. The van der Waals surface area contributed by atoms with E-state index in [1.54, 1.807) is 0 Å². The van der Waals surface area contributed by atoms with E-state index in [0.717, 1.165) is 9.52 Å². The first-order valence-electron chi connectivity index (χ1n) is 22.1. The van der Waals surface area contributed by atoms with Gasteiger partial charge in [0.1, 0.15) is 0 Å². The molecule has 0 aromatic heterocycles. The number of hydrogen-bond acceptors (Lipinski definition) is 0. The van der Waals surface area contributed by atoms with Crippen LogP contribution in [-0.2, 0) is 20.8 Å². The van der Waals surface area contributed by atoms with Crippen molar-refractivity contribution in [1.82, 2.24) is 0 Å². The number of hydrogen-bond donors (Lipinski definition) is 0. The van der Waals surface area contributed by atoms with Crippen molar-refractivity contribution in [1.29, 1.82) is 0 Å². The van der Waals surface area contributed by atoms with Crippen LogP contribution in [0.5, 0.6) is 0 Å². The third kappa shape index (κ3) is 11.1. The van der Waals surface area contributed by atoms with Crippen molar-refractivity contribution in [2.75, 3.05) is 0 Å². The van der Waals surface area contributed by atoms with Crippen LogP contribution in [0.15, 0.2) is 127 Å². The zero-order chi connectivity index (χ0) is 44.8. The van der Waals surface area contributed by atoms with Crippen LogP contribution < -0.4 is 10.4 Å². The molecular weight excluding hydrogens is 887 g/mol.